The topological polar surface area (TPSA) is 55.2 Å². The summed E-state index contributed by atoms with van der Waals surface area (Å²) in [7, 11) is 3.43. The molecule has 0 fully saturated rings. The Morgan fingerprint density at radius 2 is 2.13 bits per heavy atom. The number of benzene rings is 1. The SMILES string of the molecule is CCCn1c(S[C@@H](C)C(=O)N(C)C)nc2cc(Cl)ccc2c1=O. The molecule has 1 aromatic heterocycles. The van der Waals surface area contributed by atoms with Crippen LogP contribution in [0.15, 0.2) is 28.2 Å². The van der Waals surface area contributed by atoms with E-state index in [1.807, 2.05) is 13.8 Å². The van der Waals surface area contributed by atoms with Crippen molar-refractivity contribution in [3.63, 3.8) is 0 Å². The van der Waals surface area contributed by atoms with Gasteiger partial charge in [0.2, 0.25) is 5.91 Å². The van der Waals surface area contributed by atoms with E-state index in [1.165, 1.54) is 16.7 Å². The van der Waals surface area contributed by atoms with E-state index >= 15 is 0 Å². The van der Waals surface area contributed by atoms with Crippen molar-refractivity contribution in [2.45, 2.75) is 37.2 Å². The molecule has 0 aliphatic heterocycles. The second-order valence-electron chi connectivity index (χ2n) is 5.51. The number of hydrogen-bond acceptors (Lipinski definition) is 4. The highest BCUT2D eigenvalue weighted by molar-refractivity contribution is 8.00. The van der Waals surface area contributed by atoms with Crippen LogP contribution in [0.4, 0.5) is 0 Å². The molecule has 1 aromatic carbocycles. The molecule has 0 saturated carbocycles. The number of carbonyl (C=O) groups is 1. The number of thioether (sulfide) groups is 1. The van der Waals surface area contributed by atoms with Gasteiger partial charge in [0.1, 0.15) is 0 Å². The van der Waals surface area contributed by atoms with Crippen molar-refractivity contribution in [3.05, 3.63) is 33.6 Å². The van der Waals surface area contributed by atoms with Gasteiger partial charge in [-0.3, -0.25) is 14.2 Å². The summed E-state index contributed by atoms with van der Waals surface area (Å²) in [6.45, 7) is 4.38. The Labute approximate surface area is 144 Å². The van der Waals surface area contributed by atoms with E-state index in [9.17, 15) is 9.59 Å². The smallest absolute Gasteiger partial charge is 0.262 e. The molecule has 0 spiro atoms. The van der Waals surface area contributed by atoms with Gasteiger partial charge in [-0.05, 0) is 31.5 Å². The van der Waals surface area contributed by atoms with Crippen molar-refractivity contribution in [3.8, 4) is 0 Å². The van der Waals surface area contributed by atoms with Gasteiger partial charge in [-0.2, -0.15) is 0 Å². The second kappa shape index (κ2) is 7.36. The number of carbonyl (C=O) groups excluding carboxylic acids is 1. The number of halogens is 1. The Balaban J connectivity index is 2.54. The lowest BCUT2D eigenvalue weighted by Crippen LogP contribution is -2.31. The van der Waals surface area contributed by atoms with Crippen LogP contribution < -0.4 is 5.56 Å². The Bertz CT molecular complexity index is 789. The predicted octanol–water partition coefficient (Wildman–Crippen LogP) is 3.03. The number of nitrogens with zero attached hydrogens (tertiary/aromatic N) is 3. The molecular formula is C16H20ClN3O2S. The average molecular weight is 354 g/mol. The Morgan fingerprint density at radius 1 is 1.43 bits per heavy atom. The van der Waals surface area contributed by atoms with Crippen LogP contribution in [-0.4, -0.2) is 39.7 Å². The van der Waals surface area contributed by atoms with Crippen molar-refractivity contribution >= 4 is 40.2 Å². The Kier molecular flexibility index (Phi) is 5.70. The molecule has 5 nitrogen and oxygen atoms in total. The van der Waals surface area contributed by atoms with Gasteiger partial charge < -0.3 is 4.90 Å². The zero-order chi connectivity index (χ0) is 17.1. The fourth-order valence-corrected chi connectivity index (χ4v) is 3.50. The van der Waals surface area contributed by atoms with E-state index < -0.39 is 0 Å². The van der Waals surface area contributed by atoms with Crippen molar-refractivity contribution < 1.29 is 4.79 Å². The molecule has 1 amide bonds. The van der Waals surface area contributed by atoms with Crippen molar-refractivity contribution in [1.29, 1.82) is 0 Å². The van der Waals surface area contributed by atoms with Gasteiger partial charge in [0.25, 0.3) is 5.56 Å². The van der Waals surface area contributed by atoms with E-state index in [-0.39, 0.29) is 16.7 Å². The van der Waals surface area contributed by atoms with E-state index in [4.69, 9.17) is 11.6 Å². The lowest BCUT2D eigenvalue weighted by atomic mass is 10.2. The number of amides is 1. The van der Waals surface area contributed by atoms with Gasteiger partial charge in [-0.25, -0.2) is 4.98 Å². The van der Waals surface area contributed by atoms with Crippen molar-refractivity contribution in [2.24, 2.45) is 0 Å². The van der Waals surface area contributed by atoms with Crippen LogP contribution in [0.25, 0.3) is 10.9 Å². The van der Waals surface area contributed by atoms with Gasteiger partial charge in [-0.1, -0.05) is 30.3 Å². The number of hydrogen-bond donors (Lipinski definition) is 0. The molecule has 0 bridgehead atoms. The minimum Gasteiger partial charge on any atom is -0.348 e. The predicted molar refractivity (Wildman–Crippen MR) is 95.3 cm³/mol. The molecule has 2 rings (SSSR count). The van der Waals surface area contributed by atoms with Crippen molar-refractivity contribution in [2.75, 3.05) is 14.1 Å². The minimum atomic E-state index is -0.323. The minimum absolute atomic E-state index is 0.0153. The van der Waals surface area contributed by atoms with Gasteiger partial charge in [-0.15, -0.1) is 0 Å². The summed E-state index contributed by atoms with van der Waals surface area (Å²) in [5.74, 6) is -0.0153. The van der Waals surface area contributed by atoms with Gasteiger partial charge in [0, 0.05) is 25.7 Å². The molecule has 0 unspecified atom stereocenters. The summed E-state index contributed by atoms with van der Waals surface area (Å²) in [5.41, 5.74) is 0.461. The third-order valence-electron chi connectivity index (χ3n) is 3.40. The third-order valence-corrected chi connectivity index (χ3v) is 4.71. The number of rotatable bonds is 5. The van der Waals surface area contributed by atoms with Crippen LogP contribution in [0.5, 0.6) is 0 Å². The molecule has 1 heterocycles. The van der Waals surface area contributed by atoms with Crippen LogP contribution >= 0.6 is 23.4 Å². The van der Waals surface area contributed by atoms with Gasteiger partial charge in [0.15, 0.2) is 5.16 Å². The van der Waals surface area contributed by atoms with Crippen LogP contribution in [0.1, 0.15) is 20.3 Å². The molecule has 23 heavy (non-hydrogen) atoms. The molecule has 0 aliphatic rings. The fraction of sp³-hybridized carbons (Fsp3) is 0.438. The maximum absolute atomic E-state index is 12.7. The first kappa shape index (κ1) is 17.8. The fourth-order valence-electron chi connectivity index (χ4n) is 2.26. The highest BCUT2D eigenvalue weighted by Gasteiger charge is 2.20. The Morgan fingerprint density at radius 3 is 2.74 bits per heavy atom. The summed E-state index contributed by atoms with van der Waals surface area (Å²) < 4.78 is 1.64. The normalized spacial score (nSPS) is 12.4. The highest BCUT2D eigenvalue weighted by atomic mass is 35.5. The molecule has 2 aromatic rings. The van der Waals surface area contributed by atoms with E-state index in [2.05, 4.69) is 4.98 Å². The lowest BCUT2D eigenvalue weighted by Gasteiger charge is -2.18. The molecular weight excluding hydrogens is 334 g/mol. The molecule has 1 atom stereocenters. The molecule has 0 N–H and O–H groups in total. The van der Waals surface area contributed by atoms with E-state index in [1.54, 1.807) is 36.9 Å². The largest absolute Gasteiger partial charge is 0.348 e. The molecule has 7 heteroatoms. The van der Waals surface area contributed by atoms with E-state index in [0.29, 0.717) is 27.6 Å². The average Bonchev–Trinajstić information content (AvgIpc) is 2.49. The van der Waals surface area contributed by atoms with Crippen molar-refractivity contribution in [1.82, 2.24) is 14.5 Å². The van der Waals surface area contributed by atoms with Crippen LogP contribution in [-0.2, 0) is 11.3 Å². The zero-order valence-corrected chi connectivity index (χ0v) is 15.2. The monoisotopic (exact) mass is 353 g/mol. The van der Waals surface area contributed by atoms with Gasteiger partial charge >= 0.3 is 0 Å². The van der Waals surface area contributed by atoms with Gasteiger partial charge in [0.05, 0.1) is 16.2 Å². The van der Waals surface area contributed by atoms with Crippen LogP contribution in [0, 0.1) is 0 Å². The van der Waals surface area contributed by atoms with Crippen LogP contribution in [0.2, 0.25) is 5.02 Å². The van der Waals surface area contributed by atoms with E-state index in [0.717, 1.165) is 6.42 Å². The standard InChI is InChI=1S/C16H20ClN3O2S/c1-5-8-20-15(22)12-7-6-11(17)9-13(12)18-16(20)23-10(2)14(21)19(3)4/h6-7,9-10H,5,8H2,1-4H3/t10-/m0/s1. The Hall–Kier alpha value is -1.53. The zero-order valence-electron chi connectivity index (χ0n) is 13.7. The molecule has 0 aliphatic carbocycles. The van der Waals surface area contributed by atoms with Crippen LogP contribution in [0.3, 0.4) is 0 Å². The summed E-state index contributed by atoms with van der Waals surface area (Å²) in [6.07, 6.45) is 0.810. The maximum Gasteiger partial charge on any atom is 0.262 e. The maximum atomic E-state index is 12.7. The first-order valence-corrected chi connectivity index (χ1v) is 8.68. The summed E-state index contributed by atoms with van der Waals surface area (Å²) >= 11 is 7.30. The second-order valence-corrected chi connectivity index (χ2v) is 7.25. The molecule has 0 saturated heterocycles. The molecule has 124 valence electrons. The first-order valence-electron chi connectivity index (χ1n) is 7.43. The third kappa shape index (κ3) is 3.87. The molecule has 0 radical (unpaired) electrons. The number of aromatic nitrogens is 2. The number of fused-ring (bicyclic) bond motifs is 1. The highest BCUT2D eigenvalue weighted by Crippen LogP contribution is 2.24. The summed E-state index contributed by atoms with van der Waals surface area (Å²) in [5, 5.41) is 1.30. The summed E-state index contributed by atoms with van der Waals surface area (Å²) in [6, 6.07) is 5.06. The summed E-state index contributed by atoms with van der Waals surface area (Å²) in [4.78, 5) is 30.9. The lowest BCUT2D eigenvalue weighted by molar-refractivity contribution is -0.127. The first-order chi connectivity index (χ1) is 10.8. The quantitative estimate of drug-likeness (QED) is 0.612.